The second-order valence-corrected chi connectivity index (χ2v) is 6.05. The van der Waals surface area contributed by atoms with Gasteiger partial charge in [0.15, 0.2) is 11.6 Å². The van der Waals surface area contributed by atoms with Crippen LogP contribution in [0.4, 0.5) is 8.78 Å². The van der Waals surface area contributed by atoms with Gasteiger partial charge >= 0.3 is 0 Å². The number of fused-ring (bicyclic) bond motifs is 1. The Morgan fingerprint density at radius 1 is 1.04 bits per heavy atom. The highest BCUT2D eigenvalue weighted by atomic mass is 19.2. The van der Waals surface area contributed by atoms with Gasteiger partial charge in [0.25, 0.3) is 11.8 Å². The Bertz CT molecular complexity index is 881. The number of rotatable bonds is 6. The van der Waals surface area contributed by atoms with Gasteiger partial charge in [-0.2, -0.15) is 0 Å². The van der Waals surface area contributed by atoms with Crippen LogP contribution in [0.25, 0.3) is 0 Å². The molecule has 0 fully saturated rings. The van der Waals surface area contributed by atoms with E-state index >= 15 is 0 Å². The molecule has 3 rings (SSSR count). The van der Waals surface area contributed by atoms with E-state index in [0.29, 0.717) is 11.1 Å². The Morgan fingerprint density at radius 2 is 1.67 bits per heavy atom. The highest BCUT2D eigenvalue weighted by molar-refractivity contribution is 6.21. The Labute approximate surface area is 153 Å². The molecule has 0 bridgehead atoms. The molecule has 2 N–H and O–H groups in total. The fourth-order valence-electron chi connectivity index (χ4n) is 2.79. The van der Waals surface area contributed by atoms with E-state index in [9.17, 15) is 28.3 Å². The summed E-state index contributed by atoms with van der Waals surface area (Å²) >= 11 is 0. The molecule has 2 aromatic carbocycles. The standard InChI is InChI=1S/C19H16F2N2O4/c20-14-6-5-11(9-15(14)21)16(24)10-22-17(25)7-8-23-18(26)12-3-1-2-4-13(12)19(23)27/h1-6,9,16,24H,7-8,10H2,(H,22,25). The van der Waals surface area contributed by atoms with Crippen molar-refractivity contribution in [2.45, 2.75) is 12.5 Å². The first-order chi connectivity index (χ1) is 12.9. The van der Waals surface area contributed by atoms with Crippen LogP contribution in [0.3, 0.4) is 0 Å². The van der Waals surface area contributed by atoms with Gasteiger partial charge in [0, 0.05) is 19.5 Å². The summed E-state index contributed by atoms with van der Waals surface area (Å²) in [4.78, 5) is 37.3. The van der Waals surface area contributed by atoms with Crippen molar-refractivity contribution in [2.24, 2.45) is 0 Å². The van der Waals surface area contributed by atoms with Crippen molar-refractivity contribution in [3.05, 3.63) is 70.8 Å². The molecule has 0 spiro atoms. The molecule has 1 aliphatic heterocycles. The van der Waals surface area contributed by atoms with Crippen molar-refractivity contribution in [2.75, 3.05) is 13.1 Å². The zero-order chi connectivity index (χ0) is 19.6. The molecule has 0 radical (unpaired) electrons. The average molecular weight is 374 g/mol. The topological polar surface area (TPSA) is 86.7 Å². The molecule has 27 heavy (non-hydrogen) atoms. The molecule has 1 aliphatic rings. The number of hydrogen-bond acceptors (Lipinski definition) is 4. The van der Waals surface area contributed by atoms with Gasteiger partial charge in [0.05, 0.1) is 17.2 Å². The summed E-state index contributed by atoms with van der Waals surface area (Å²) in [5.41, 5.74) is 0.725. The lowest BCUT2D eigenvalue weighted by Gasteiger charge is -2.15. The Balaban J connectivity index is 1.51. The molecule has 1 atom stereocenters. The van der Waals surface area contributed by atoms with Crippen LogP contribution in [0.5, 0.6) is 0 Å². The number of hydrogen-bond donors (Lipinski definition) is 2. The van der Waals surface area contributed by atoms with Gasteiger partial charge in [-0.25, -0.2) is 8.78 Å². The lowest BCUT2D eigenvalue weighted by atomic mass is 10.1. The van der Waals surface area contributed by atoms with Gasteiger partial charge in [0.2, 0.25) is 5.91 Å². The first-order valence-corrected chi connectivity index (χ1v) is 8.23. The second-order valence-electron chi connectivity index (χ2n) is 6.05. The molecule has 3 amide bonds. The number of carbonyl (C=O) groups excluding carboxylic acids is 3. The average Bonchev–Trinajstić information content (AvgIpc) is 2.91. The third-order valence-electron chi connectivity index (χ3n) is 4.26. The smallest absolute Gasteiger partial charge is 0.261 e. The molecule has 0 aromatic heterocycles. The van der Waals surface area contributed by atoms with Crippen LogP contribution < -0.4 is 5.32 Å². The summed E-state index contributed by atoms with van der Waals surface area (Å²) in [6.45, 7) is -0.314. The highest BCUT2D eigenvalue weighted by Gasteiger charge is 2.34. The fraction of sp³-hybridized carbons (Fsp3) is 0.211. The van der Waals surface area contributed by atoms with Crippen LogP contribution in [0.15, 0.2) is 42.5 Å². The number of halogens is 2. The Morgan fingerprint density at radius 3 is 2.26 bits per heavy atom. The minimum Gasteiger partial charge on any atom is -0.387 e. The number of aliphatic hydroxyl groups excluding tert-OH is 1. The Kier molecular flexibility index (Phi) is 5.27. The van der Waals surface area contributed by atoms with Crippen LogP contribution in [-0.4, -0.2) is 40.8 Å². The molecule has 6 nitrogen and oxygen atoms in total. The van der Waals surface area contributed by atoms with Gasteiger partial charge in [-0.3, -0.25) is 19.3 Å². The van der Waals surface area contributed by atoms with Gasteiger partial charge in [-0.15, -0.1) is 0 Å². The predicted octanol–water partition coefficient (Wildman–Crippen LogP) is 1.80. The molecule has 8 heteroatoms. The van der Waals surface area contributed by atoms with Crippen molar-refractivity contribution >= 4 is 17.7 Å². The number of imide groups is 1. The van der Waals surface area contributed by atoms with Crippen LogP contribution in [-0.2, 0) is 4.79 Å². The third kappa shape index (κ3) is 3.85. The first kappa shape index (κ1) is 18.7. The van der Waals surface area contributed by atoms with E-state index in [2.05, 4.69) is 5.32 Å². The minimum atomic E-state index is -1.22. The molecule has 0 aliphatic carbocycles. The highest BCUT2D eigenvalue weighted by Crippen LogP contribution is 2.22. The Hall–Kier alpha value is -3.13. The maximum Gasteiger partial charge on any atom is 0.261 e. The number of carbonyl (C=O) groups is 3. The van der Waals surface area contributed by atoms with Gasteiger partial charge < -0.3 is 10.4 Å². The van der Waals surface area contributed by atoms with E-state index in [1.165, 1.54) is 6.07 Å². The van der Waals surface area contributed by atoms with E-state index in [1.807, 2.05) is 0 Å². The van der Waals surface area contributed by atoms with Crippen LogP contribution in [0.2, 0.25) is 0 Å². The molecular formula is C19H16F2N2O4. The minimum absolute atomic E-state index is 0.0978. The summed E-state index contributed by atoms with van der Waals surface area (Å²) in [5.74, 6) is -3.52. The van der Waals surface area contributed by atoms with Crippen LogP contribution in [0.1, 0.15) is 38.8 Å². The normalized spacial score (nSPS) is 14.3. The van der Waals surface area contributed by atoms with E-state index in [-0.39, 0.29) is 25.1 Å². The first-order valence-electron chi connectivity index (χ1n) is 8.23. The van der Waals surface area contributed by atoms with Gasteiger partial charge in [-0.1, -0.05) is 18.2 Å². The molecule has 2 aromatic rings. The summed E-state index contributed by atoms with van der Waals surface area (Å²) in [6, 6.07) is 9.36. The molecule has 1 heterocycles. The largest absolute Gasteiger partial charge is 0.387 e. The molecule has 0 saturated carbocycles. The molecular weight excluding hydrogens is 358 g/mol. The predicted molar refractivity (Wildman–Crippen MR) is 90.8 cm³/mol. The monoisotopic (exact) mass is 374 g/mol. The van der Waals surface area contributed by atoms with Crippen molar-refractivity contribution in [3.63, 3.8) is 0 Å². The number of aliphatic hydroxyl groups is 1. The maximum atomic E-state index is 13.2. The molecule has 0 saturated heterocycles. The zero-order valence-electron chi connectivity index (χ0n) is 14.1. The zero-order valence-corrected chi connectivity index (χ0v) is 14.1. The molecule has 140 valence electrons. The van der Waals surface area contributed by atoms with E-state index in [0.717, 1.165) is 17.0 Å². The summed E-state index contributed by atoms with van der Waals surface area (Å²) < 4.78 is 26.1. The van der Waals surface area contributed by atoms with Crippen molar-refractivity contribution in [1.82, 2.24) is 10.2 Å². The summed E-state index contributed by atoms with van der Waals surface area (Å²) in [7, 11) is 0. The third-order valence-corrected chi connectivity index (χ3v) is 4.26. The van der Waals surface area contributed by atoms with Gasteiger partial charge in [-0.05, 0) is 29.8 Å². The quantitative estimate of drug-likeness (QED) is 0.755. The molecule has 1 unspecified atom stereocenters. The lowest BCUT2D eigenvalue weighted by Crippen LogP contribution is -2.35. The second kappa shape index (κ2) is 7.63. The van der Waals surface area contributed by atoms with Crippen molar-refractivity contribution in [3.8, 4) is 0 Å². The number of nitrogens with one attached hydrogen (secondary N) is 1. The summed E-state index contributed by atoms with van der Waals surface area (Å²) in [5, 5.41) is 12.4. The summed E-state index contributed by atoms with van der Waals surface area (Å²) in [6.07, 6.45) is -1.36. The SMILES string of the molecule is O=C(CCN1C(=O)c2ccccc2C1=O)NCC(O)c1ccc(F)c(F)c1. The number of amides is 3. The van der Waals surface area contributed by atoms with E-state index < -0.39 is 35.5 Å². The van der Waals surface area contributed by atoms with Gasteiger partial charge in [0.1, 0.15) is 0 Å². The number of benzene rings is 2. The van der Waals surface area contributed by atoms with Crippen LogP contribution in [0, 0.1) is 11.6 Å². The van der Waals surface area contributed by atoms with E-state index in [1.54, 1.807) is 24.3 Å². The maximum absolute atomic E-state index is 13.2. The lowest BCUT2D eigenvalue weighted by molar-refractivity contribution is -0.121. The number of nitrogens with zero attached hydrogens (tertiary/aromatic N) is 1. The van der Waals surface area contributed by atoms with E-state index in [4.69, 9.17) is 0 Å². The van der Waals surface area contributed by atoms with Crippen LogP contribution >= 0.6 is 0 Å². The van der Waals surface area contributed by atoms with Crippen molar-refractivity contribution in [1.29, 1.82) is 0 Å². The fourth-order valence-corrected chi connectivity index (χ4v) is 2.79. The van der Waals surface area contributed by atoms with Crippen molar-refractivity contribution < 1.29 is 28.3 Å².